The Kier molecular flexibility index (Phi) is 3.98. The Bertz CT molecular complexity index is 595. The van der Waals surface area contributed by atoms with Crippen molar-refractivity contribution in [3.63, 3.8) is 0 Å². The lowest BCUT2D eigenvalue weighted by Crippen LogP contribution is -2.48. The Hall–Kier alpha value is -2.12. The summed E-state index contributed by atoms with van der Waals surface area (Å²) in [5, 5.41) is 21.5. The van der Waals surface area contributed by atoms with Crippen LogP contribution in [0.5, 0.6) is 0 Å². The van der Waals surface area contributed by atoms with Gasteiger partial charge in [-0.2, -0.15) is 0 Å². The number of hydrogen-bond donors (Lipinski definition) is 3. The van der Waals surface area contributed by atoms with Gasteiger partial charge in [0.2, 0.25) is 6.29 Å². The van der Waals surface area contributed by atoms with Gasteiger partial charge in [0.15, 0.2) is 0 Å². The molecule has 6 nitrogen and oxygen atoms in total. The summed E-state index contributed by atoms with van der Waals surface area (Å²) in [6.45, 7) is 0. The smallest absolute Gasteiger partial charge is 0.464 e. The lowest BCUT2D eigenvalue weighted by molar-refractivity contribution is -0.131. The number of rotatable bonds is 5. The van der Waals surface area contributed by atoms with Gasteiger partial charge < -0.3 is 19.8 Å². The fourth-order valence-electron chi connectivity index (χ4n) is 1.88. The SMILES string of the molecule is O=CC(=O)NC(Cc1coc2ccccc12)B(O)O. The molecule has 1 atom stereocenters. The quantitative estimate of drug-likeness (QED) is 0.389. The molecule has 0 aliphatic carbocycles. The monoisotopic (exact) mass is 261 g/mol. The molecule has 0 aliphatic rings. The van der Waals surface area contributed by atoms with Crippen LogP contribution >= 0.6 is 0 Å². The van der Waals surface area contributed by atoms with Gasteiger partial charge in [-0.1, -0.05) is 18.2 Å². The van der Waals surface area contributed by atoms with Crippen LogP contribution in [0.4, 0.5) is 0 Å². The summed E-state index contributed by atoms with van der Waals surface area (Å²) in [7, 11) is -1.77. The minimum atomic E-state index is -1.77. The highest BCUT2D eigenvalue weighted by molar-refractivity contribution is 6.44. The molecular formula is C12H12BNO5. The van der Waals surface area contributed by atoms with Gasteiger partial charge >= 0.3 is 7.12 Å². The number of hydrogen-bond acceptors (Lipinski definition) is 5. The highest BCUT2D eigenvalue weighted by Gasteiger charge is 2.26. The second-order valence-corrected chi connectivity index (χ2v) is 4.11. The van der Waals surface area contributed by atoms with Crippen molar-refractivity contribution in [1.29, 1.82) is 0 Å². The largest absolute Gasteiger partial charge is 0.475 e. The van der Waals surface area contributed by atoms with Crippen molar-refractivity contribution in [2.45, 2.75) is 12.4 Å². The summed E-state index contributed by atoms with van der Waals surface area (Å²) in [5.74, 6) is -1.87. The van der Waals surface area contributed by atoms with Crippen LogP contribution in [-0.4, -0.2) is 35.3 Å². The summed E-state index contributed by atoms with van der Waals surface area (Å²) >= 11 is 0. The molecule has 0 fully saturated rings. The van der Waals surface area contributed by atoms with E-state index < -0.39 is 19.0 Å². The summed E-state index contributed by atoms with van der Waals surface area (Å²) in [5.41, 5.74) is 1.39. The minimum Gasteiger partial charge on any atom is -0.464 e. The zero-order chi connectivity index (χ0) is 13.8. The van der Waals surface area contributed by atoms with E-state index in [4.69, 9.17) is 4.42 Å². The standard InChI is InChI=1S/C12H12BNO5/c15-6-12(16)14-11(13(17)18)5-8-7-19-10-4-2-1-3-9(8)10/h1-4,6-7,11,17-18H,5H2,(H,14,16). The number of benzene rings is 1. The molecule has 19 heavy (non-hydrogen) atoms. The molecule has 0 bridgehead atoms. The molecule has 0 radical (unpaired) electrons. The van der Waals surface area contributed by atoms with Crippen LogP contribution in [0, 0.1) is 0 Å². The fraction of sp³-hybridized carbons (Fsp3) is 0.167. The van der Waals surface area contributed by atoms with Crippen LogP contribution in [0.2, 0.25) is 0 Å². The van der Waals surface area contributed by atoms with Crippen LogP contribution in [0.1, 0.15) is 5.56 Å². The van der Waals surface area contributed by atoms with Gasteiger partial charge in [0.05, 0.1) is 12.2 Å². The van der Waals surface area contributed by atoms with Gasteiger partial charge in [-0.15, -0.1) is 0 Å². The van der Waals surface area contributed by atoms with Crippen molar-refractivity contribution in [2.75, 3.05) is 0 Å². The maximum absolute atomic E-state index is 11.0. The van der Waals surface area contributed by atoms with E-state index in [0.717, 1.165) is 10.9 Å². The van der Waals surface area contributed by atoms with Gasteiger partial charge in [0.25, 0.3) is 5.91 Å². The molecule has 3 N–H and O–H groups in total. The number of amides is 1. The van der Waals surface area contributed by atoms with E-state index in [1.165, 1.54) is 6.26 Å². The maximum atomic E-state index is 11.0. The number of carbonyl (C=O) groups excluding carboxylic acids is 2. The zero-order valence-corrected chi connectivity index (χ0v) is 9.95. The highest BCUT2D eigenvalue weighted by Crippen LogP contribution is 2.21. The fourth-order valence-corrected chi connectivity index (χ4v) is 1.88. The van der Waals surface area contributed by atoms with Gasteiger partial charge in [-0.25, -0.2) is 0 Å². The highest BCUT2D eigenvalue weighted by atomic mass is 16.4. The summed E-state index contributed by atoms with van der Waals surface area (Å²) in [6, 6.07) is 7.27. The molecule has 1 amide bonds. The predicted molar refractivity (Wildman–Crippen MR) is 68.1 cm³/mol. The molecule has 7 heteroatoms. The first kappa shape index (κ1) is 13.3. The number of carbonyl (C=O) groups is 2. The van der Waals surface area contributed by atoms with Crippen molar-refractivity contribution in [3.05, 3.63) is 36.1 Å². The van der Waals surface area contributed by atoms with Gasteiger partial charge in [0, 0.05) is 5.39 Å². The van der Waals surface area contributed by atoms with Crippen molar-refractivity contribution >= 4 is 30.3 Å². The van der Waals surface area contributed by atoms with E-state index in [-0.39, 0.29) is 12.7 Å². The molecule has 0 spiro atoms. The van der Waals surface area contributed by atoms with Gasteiger partial charge in [0.1, 0.15) is 5.58 Å². The van der Waals surface area contributed by atoms with Gasteiger partial charge in [-0.3, -0.25) is 9.59 Å². The van der Waals surface area contributed by atoms with Crippen molar-refractivity contribution < 1.29 is 24.1 Å². The lowest BCUT2D eigenvalue weighted by Gasteiger charge is -2.15. The third kappa shape index (κ3) is 3.01. The van der Waals surface area contributed by atoms with Crippen LogP contribution in [0.3, 0.4) is 0 Å². The van der Waals surface area contributed by atoms with Crippen LogP contribution in [0.15, 0.2) is 34.9 Å². The molecule has 0 saturated carbocycles. The molecule has 1 aromatic carbocycles. The molecule has 2 aromatic rings. The lowest BCUT2D eigenvalue weighted by atomic mass is 9.76. The second kappa shape index (κ2) is 5.68. The molecular weight excluding hydrogens is 249 g/mol. The van der Waals surface area contributed by atoms with Crippen molar-refractivity contribution in [2.24, 2.45) is 0 Å². The number of aldehydes is 1. The Morgan fingerprint density at radius 2 is 2.16 bits per heavy atom. The second-order valence-electron chi connectivity index (χ2n) is 4.11. The van der Waals surface area contributed by atoms with Crippen molar-refractivity contribution in [3.8, 4) is 0 Å². The normalized spacial score (nSPS) is 12.1. The predicted octanol–water partition coefficient (Wildman–Crippen LogP) is -0.329. The minimum absolute atomic E-state index is 0.0862. The topological polar surface area (TPSA) is 99.8 Å². The molecule has 0 saturated heterocycles. The number of fused-ring (bicyclic) bond motifs is 1. The molecule has 98 valence electrons. The van der Waals surface area contributed by atoms with E-state index in [2.05, 4.69) is 5.32 Å². The third-order valence-electron chi connectivity index (χ3n) is 2.80. The first-order chi connectivity index (χ1) is 9.11. The third-order valence-corrected chi connectivity index (χ3v) is 2.80. The molecule has 1 heterocycles. The Balaban J connectivity index is 2.21. The van der Waals surface area contributed by atoms with E-state index in [1.54, 1.807) is 6.07 Å². The number of para-hydroxylation sites is 1. The van der Waals surface area contributed by atoms with Crippen LogP contribution in [0.25, 0.3) is 11.0 Å². The average molecular weight is 261 g/mol. The van der Waals surface area contributed by atoms with Crippen LogP contribution in [-0.2, 0) is 16.0 Å². The first-order valence-electron chi connectivity index (χ1n) is 5.68. The van der Waals surface area contributed by atoms with E-state index in [9.17, 15) is 19.6 Å². The zero-order valence-electron chi connectivity index (χ0n) is 9.95. The van der Waals surface area contributed by atoms with E-state index in [1.807, 2.05) is 18.2 Å². The summed E-state index contributed by atoms with van der Waals surface area (Å²) in [4.78, 5) is 21.3. The molecule has 2 rings (SSSR count). The number of nitrogens with one attached hydrogen (secondary N) is 1. The first-order valence-corrected chi connectivity index (χ1v) is 5.68. The Morgan fingerprint density at radius 1 is 1.42 bits per heavy atom. The molecule has 1 aromatic heterocycles. The maximum Gasteiger partial charge on any atom is 0.475 e. The Labute approximate surface area is 109 Å². The van der Waals surface area contributed by atoms with Crippen LogP contribution < -0.4 is 5.32 Å². The van der Waals surface area contributed by atoms with Crippen molar-refractivity contribution in [1.82, 2.24) is 5.32 Å². The molecule has 0 aliphatic heterocycles. The Morgan fingerprint density at radius 3 is 2.84 bits per heavy atom. The van der Waals surface area contributed by atoms with Gasteiger partial charge in [-0.05, 0) is 18.1 Å². The average Bonchev–Trinajstić information content (AvgIpc) is 2.81. The summed E-state index contributed by atoms with van der Waals surface area (Å²) < 4.78 is 5.32. The van der Waals surface area contributed by atoms with E-state index >= 15 is 0 Å². The molecule has 1 unspecified atom stereocenters. The van der Waals surface area contributed by atoms with E-state index in [0.29, 0.717) is 5.58 Å². The summed E-state index contributed by atoms with van der Waals surface area (Å²) in [6.07, 6.45) is 1.73. The number of furan rings is 1.